The maximum Gasteiger partial charge on any atom is 0.136 e. The minimum absolute atomic E-state index is 0.571. The van der Waals surface area contributed by atoms with Gasteiger partial charge in [0.25, 0.3) is 0 Å². The Morgan fingerprint density at radius 1 is 1.31 bits per heavy atom. The van der Waals surface area contributed by atoms with Gasteiger partial charge < -0.3 is 15.0 Å². The lowest BCUT2D eigenvalue weighted by Crippen LogP contribution is -2.15. The Bertz CT molecular complexity index is 473. The van der Waals surface area contributed by atoms with Crippen molar-refractivity contribution in [3.8, 4) is 0 Å². The molecular weight excluding hydrogens is 200 g/mol. The second-order valence-electron chi connectivity index (χ2n) is 4.29. The van der Waals surface area contributed by atoms with Gasteiger partial charge in [0.1, 0.15) is 5.65 Å². The van der Waals surface area contributed by atoms with E-state index in [4.69, 9.17) is 5.73 Å². The Morgan fingerprint density at radius 3 is 2.81 bits per heavy atom. The van der Waals surface area contributed by atoms with E-state index in [2.05, 4.69) is 30.2 Å². The Labute approximate surface area is 95.7 Å². The number of aromatic nitrogens is 2. The normalized spacial score (nSPS) is 11.5. The molecule has 0 aliphatic heterocycles. The number of hydrogen-bond donors (Lipinski definition) is 1. The van der Waals surface area contributed by atoms with Crippen molar-refractivity contribution in [2.75, 3.05) is 20.6 Å². The van der Waals surface area contributed by atoms with Crippen LogP contribution in [0.3, 0.4) is 0 Å². The van der Waals surface area contributed by atoms with Crippen molar-refractivity contribution >= 4 is 5.65 Å². The number of nitrogens with two attached hydrogens (primary N) is 1. The van der Waals surface area contributed by atoms with Crippen molar-refractivity contribution in [3.05, 3.63) is 35.8 Å². The molecule has 0 saturated heterocycles. The largest absolute Gasteiger partial charge is 0.326 e. The zero-order valence-electron chi connectivity index (χ0n) is 9.85. The number of pyridine rings is 1. The van der Waals surface area contributed by atoms with Crippen molar-refractivity contribution in [1.29, 1.82) is 0 Å². The van der Waals surface area contributed by atoms with E-state index in [1.54, 1.807) is 0 Å². The number of fused-ring (bicyclic) bond motifs is 1. The van der Waals surface area contributed by atoms with E-state index in [1.807, 2.05) is 22.7 Å². The first-order chi connectivity index (χ1) is 7.69. The number of nitrogens with zero attached hydrogens (tertiary/aromatic N) is 3. The molecule has 4 nitrogen and oxygen atoms in total. The quantitative estimate of drug-likeness (QED) is 0.829. The first-order valence-corrected chi connectivity index (χ1v) is 5.50. The van der Waals surface area contributed by atoms with Crippen LogP contribution in [0.25, 0.3) is 5.65 Å². The van der Waals surface area contributed by atoms with Gasteiger partial charge in [0.2, 0.25) is 0 Å². The maximum absolute atomic E-state index is 5.61. The lowest BCUT2D eigenvalue weighted by Gasteiger charge is -2.06. The third-order valence-electron chi connectivity index (χ3n) is 2.61. The average Bonchev–Trinajstić information content (AvgIpc) is 2.67. The van der Waals surface area contributed by atoms with E-state index in [0.29, 0.717) is 6.54 Å². The first kappa shape index (κ1) is 11.1. The van der Waals surface area contributed by atoms with E-state index in [1.165, 1.54) is 0 Å². The van der Waals surface area contributed by atoms with Crippen molar-refractivity contribution in [2.24, 2.45) is 5.73 Å². The maximum atomic E-state index is 5.61. The highest BCUT2D eigenvalue weighted by molar-refractivity contribution is 5.41. The van der Waals surface area contributed by atoms with Gasteiger partial charge in [-0.3, -0.25) is 0 Å². The van der Waals surface area contributed by atoms with Crippen LogP contribution >= 0.6 is 0 Å². The number of rotatable bonds is 4. The summed E-state index contributed by atoms with van der Waals surface area (Å²) in [5.41, 5.74) is 8.85. The Kier molecular flexibility index (Phi) is 3.22. The third-order valence-corrected chi connectivity index (χ3v) is 2.61. The molecule has 0 amide bonds. The van der Waals surface area contributed by atoms with Crippen LogP contribution in [0.5, 0.6) is 0 Å². The smallest absolute Gasteiger partial charge is 0.136 e. The highest BCUT2D eigenvalue weighted by Crippen LogP contribution is 2.08. The number of hydrogen-bond acceptors (Lipinski definition) is 3. The fourth-order valence-corrected chi connectivity index (χ4v) is 1.67. The zero-order valence-corrected chi connectivity index (χ0v) is 9.85. The van der Waals surface area contributed by atoms with E-state index < -0.39 is 0 Å². The lowest BCUT2D eigenvalue weighted by molar-refractivity contribution is 0.412. The molecule has 0 spiro atoms. The fourth-order valence-electron chi connectivity index (χ4n) is 1.67. The fraction of sp³-hybridized carbons (Fsp3) is 0.417. The van der Waals surface area contributed by atoms with Crippen molar-refractivity contribution < 1.29 is 0 Å². The van der Waals surface area contributed by atoms with Gasteiger partial charge in [-0.05, 0) is 25.7 Å². The molecule has 2 aromatic heterocycles. The molecule has 0 unspecified atom stereocenters. The van der Waals surface area contributed by atoms with Crippen LogP contribution in [0.2, 0.25) is 0 Å². The third kappa shape index (κ3) is 2.40. The summed E-state index contributed by atoms with van der Waals surface area (Å²) in [5, 5.41) is 0. The summed E-state index contributed by atoms with van der Waals surface area (Å²) in [5.74, 6) is 0. The standard InChI is InChI=1S/C12H18N4/c1-15(2)6-5-11-9-16-8-10(7-13)3-4-12(16)14-11/h3-4,8-9H,5-7,13H2,1-2H3. The summed E-state index contributed by atoms with van der Waals surface area (Å²) in [4.78, 5) is 6.72. The Hall–Kier alpha value is -1.39. The van der Waals surface area contributed by atoms with E-state index in [0.717, 1.165) is 29.9 Å². The number of likely N-dealkylation sites (N-methyl/N-ethyl adjacent to an activating group) is 1. The van der Waals surface area contributed by atoms with Crippen LogP contribution in [-0.4, -0.2) is 34.9 Å². The van der Waals surface area contributed by atoms with Crippen LogP contribution < -0.4 is 5.73 Å². The van der Waals surface area contributed by atoms with E-state index in [-0.39, 0.29) is 0 Å². The molecule has 0 radical (unpaired) electrons. The monoisotopic (exact) mass is 218 g/mol. The molecular formula is C12H18N4. The van der Waals surface area contributed by atoms with Gasteiger partial charge in [0.15, 0.2) is 0 Å². The van der Waals surface area contributed by atoms with Gasteiger partial charge in [-0.25, -0.2) is 4.98 Å². The van der Waals surface area contributed by atoms with Gasteiger partial charge in [-0.2, -0.15) is 0 Å². The topological polar surface area (TPSA) is 46.6 Å². The molecule has 0 aliphatic rings. The summed E-state index contributed by atoms with van der Waals surface area (Å²) in [6.45, 7) is 1.59. The Morgan fingerprint density at radius 2 is 2.12 bits per heavy atom. The minimum Gasteiger partial charge on any atom is -0.326 e. The molecule has 4 heteroatoms. The van der Waals surface area contributed by atoms with Crippen molar-refractivity contribution in [2.45, 2.75) is 13.0 Å². The van der Waals surface area contributed by atoms with Crippen LogP contribution in [0, 0.1) is 0 Å². The molecule has 2 aromatic rings. The van der Waals surface area contributed by atoms with E-state index in [9.17, 15) is 0 Å². The molecule has 2 heterocycles. The molecule has 0 aliphatic carbocycles. The van der Waals surface area contributed by atoms with Gasteiger partial charge in [0, 0.05) is 31.9 Å². The summed E-state index contributed by atoms with van der Waals surface area (Å²) in [7, 11) is 4.14. The molecule has 86 valence electrons. The molecule has 0 aromatic carbocycles. The van der Waals surface area contributed by atoms with Gasteiger partial charge >= 0.3 is 0 Å². The first-order valence-electron chi connectivity index (χ1n) is 5.50. The number of imidazole rings is 1. The van der Waals surface area contributed by atoms with Gasteiger partial charge in [-0.1, -0.05) is 6.07 Å². The Balaban J connectivity index is 2.22. The molecule has 0 saturated carbocycles. The van der Waals surface area contributed by atoms with Crippen LogP contribution in [0.4, 0.5) is 0 Å². The molecule has 2 N–H and O–H groups in total. The lowest BCUT2D eigenvalue weighted by atomic mass is 10.3. The second kappa shape index (κ2) is 4.63. The second-order valence-corrected chi connectivity index (χ2v) is 4.29. The highest BCUT2D eigenvalue weighted by Gasteiger charge is 2.02. The van der Waals surface area contributed by atoms with Gasteiger partial charge in [-0.15, -0.1) is 0 Å². The summed E-state index contributed by atoms with van der Waals surface area (Å²) >= 11 is 0. The van der Waals surface area contributed by atoms with Crippen LogP contribution in [0.15, 0.2) is 24.5 Å². The molecule has 16 heavy (non-hydrogen) atoms. The van der Waals surface area contributed by atoms with Crippen LogP contribution in [0.1, 0.15) is 11.3 Å². The minimum atomic E-state index is 0.571. The summed E-state index contributed by atoms with van der Waals surface area (Å²) in [6.07, 6.45) is 5.10. The average molecular weight is 218 g/mol. The molecule has 2 rings (SSSR count). The molecule has 0 bridgehead atoms. The zero-order chi connectivity index (χ0) is 11.5. The predicted octanol–water partition coefficient (Wildman–Crippen LogP) is 0.897. The van der Waals surface area contributed by atoms with Gasteiger partial charge in [0.05, 0.1) is 5.69 Å². The van der Waals surface area contributed by atoms with Crippen molar-refractivity contribution in [3.63, 3.8) is 0 Å². The van der Waals surface area contributed by atoms with Crippen molar-refractivity contribution in [1.82, 2.24) is 14.3 Å². The summed E-state index contributed by atoms with van der Waals surface area (Å²) in [6, 6.07) is 4.04. The SMILES string of the molecule is CN(C)CCc1cn2cc(CN)ccc2n1. The molecule has 0 atom stereocenters. The predicted molar refractivity (Wildman–Crippen MR) is 65.3 cm³/mol. The molecule has 0 fully saturated rings. The van der Waals surface area contributed by atoms with Crippen LogP contribution in [-0.2, 0) is 13.0 Å². The summed E-state index contributed by atoms with van der Waals surface area (Å²) < 4.78 is 2.05. The van der Waals surface area contributed by atoms with E-state index >= 15 is 0 Å². The highest BCUT2D eigenvalue weighted by atomic mass is 15.1.